The van der Waals surface area contributed by atoms with E-state index in [0.717, 1.165) is 28.1 Å². The number of nitrogens with one attached hydrogen (secondary N) is 1. The molecule has 3 atom stereocenters. The van der Waals surface area contributed by atoms with Crippen molar-refractivity contribution in [2.75, 3.05) is 27.3 Å². The highest BCUT2D eigenvalue weighted by atomic mass is 16.3. The Kier molecular flexibility index (Phi) is 13.4. The first-order chi connectivity index (χ1) is 17.6. The van der Waals surface area contributed by atoms with Gasteiger partial charge in [0.2, 0.25) is 0 Å². The van der Waals surface area contributed by atoms with Crippen LogP contribution in [0.1, 0.15) is 62.8 Å². The number of hydrogen-bond donors (Lipinski definition) is 4. The molecular formula is C29H46N2O7. The molecule has 1 aromatic heterocycles. The molecule has 1 aliphatic carbocycles. The van der Waals surface area contributed by atoms with Crippen LogP contribution >= 0.6 is 0 Å². The van der Waals surface area contributed by atoms with Crippen molar-refractivity contribution >= 4 is 17.3 Å². The number of phenols is 1. The molecule has 214 valence electrons. The summed E-state index contributed by atoms with van der Waals surface area (Å²) >= 11 is 0. The van der Waals surface area contributed by atoms with Gasteiger partial charge in [0.1, 0.15) is 17.3 Å². The molecule has 38 heavy (non-hydrogen) atoms. The first kappa shape index (κ1) is 33.0. The summed E-state index contributed by atoms with van der Waals surface area (Å²) in [6, 6.07) is 7.26. The lowest BCUT2D eigenvalue weighted by Gasteiger charge is -2.31. The van der Waals surface area contributed by atoms with E-state index < -0.39 is 12.5 Å². The zero-order valence-corrected chi connectivity index (χ0v) is 23.0. The van der Waals surface area contributed by atoms with Gasteiger partial charge in [-0.15, -0.1) is 0 Å². The van der Waals surface area contributed by atoms with E-state index in [-0.39, 0.29) is 62.7 Å². The predicted octanol–water partition coefficient (Wildman–Crippen LogP) is 2.86. The fourth-order valence-corrected chi connectivity index (χ4v) is 5.28. The van der Waals surface area contributed by atoms with Crippen LogP contribution in [-0.2, 0) is 16.0 Å². The van der Waals surface area contributed by atoms with Crippen molar-refractivity contribution in [1.29, 1.82) is 0 Å². The van der Waals surface area contributed by atoms with Crippen LogP contribution in [0.2, 0.25) is 0 Å². The van der Waals surface area contributed by atoms with Crippen LogP contribution in [0.25, 0.3) is 11.1 Å². The summed E-state index contributed by atoms with van der Waals surface area (Å²) in [5.41, 5.74) is 4.60. The minimum atomic E-state index is -0.762. The first-order valence-corrected chi connectivity index (χ1v) is 12.7. The van der Waals surface area contributed by atoms with Gasteiger partial charge in [-0.1, -0.05) is 6.07 Å². The summed E-state index contributed by atoms with van der Waals surface area (Å²) in [6.07, 6.45) is 1.22. The van der Waals surface area contributed by atoms with Crippen molar-refractivity contribution in [1.82, 2.24) is 10.3 Å². The number of aryl methyl sites for hydroxylation is 2. The molecule has 0 saturated heterocycles. The lowest BCUT2D eigenvalue weighted by atomic mass is 9.72. The number of fused-ring (bicyclic) bond motifs is 1. The molecule has 3 rings (SSSR count). The summed E-state index contributed by atoms with van der Waals surface area (Å²) in [5, 5.41) is 32.7. The third-order valence-electron chi connectivity index (χ3n) is 6.67. The van der Waals surface area contributed by atoms with Gasteiger partial charge >= 0.3 is 0 Å². The molecule has 9 heteroatoms. The number of aromatic hydroxyl groups is 1. The van der Waals surface area contributed by atoms with Crippen molar-refractivity contribution in [2.24, 2.45) is 17.8 Å². The number of rotatable bonds is 10. The van der Waals surface area contributed by atoms with Crippen LogP contribution in [0.4, 0.5) is 0 Å². The largest absolute Gasteiger partial charge is 0.507 e. The van der Waals surface area contributed by atoms with Crippen molar-refractivity contribution in [3.8, 4) is 16.9 Å². The molecule has 1 heterocycles. The van der Waals surface area contributed by atoms with Crippen LogP contribution in [0.3, 0.4) is 0 Å². The monoisotopic (exact) mass is 534 g/mol. The smallest absolute Gasteiger partial charge is 0.167 e. The fraction of sp³-hybridized carbons (Fsp3) is 0.517. The molecular weight excluding hydrogens is 488 g/mol. The average Bonchev–Trinajstić information content (AvgIpc) is 2.79. The average molecular weight is 535 g/mol. The van der Waals surface area contributed by atoms with Crippen LogP contribution in [0, 0.1) is 31.6 Å². The molecule has 6 N–H and O–H groups in total. The zero-order chi connectivity index (χ0) is 27.7. The molecule has 0 aliphatic heterocycles. The molecule has 1 aromatic carbocycles. The molecule has 0 bridgehead atoms. The number of hydrogen-bond acceptors (Lipinski definition) is 8. The normalized spacial score (nSPS) is 15.9. The van der Waals surface area contributed by atoms with Gasteiger partial charge in [-0.2, -0.15) is 0 Å². The Morgan fingerprint density at radius 1 is 1.13 bits per heavy atom. The van der Waals surface area contributed by atoms with Gasteiger partial charge in [-0.3, -0.25) is 19.4 Å². The molecule has 3 unspecified atom stereocenters. The van der Waals surface area contributed by atoms with Crippen LogP contribution in [0.5, 0.6) is 5.75 Å². The number of phenolic OH excluding ortho intramolecular Hbond substituents is 1. The maximum absolute atomic E-state index is 13.1. The second-order valence-electron chi connectivity index (χ2n) is 9.96. The second kappa shape index (κ2) is 15.4. The minimum Gasteiger partial charge on any atom is -0.507 e. The number of benzene rings is 1. The number of aliphatic hydroxyl groups is 2. The summed E-state index contributed by atoms with van der Waals surface area (Å²) < 4.78 is 0. The van der Waals surface area contributed by atoms with Gasteiger partial charge in [-0.25, -0.2) is 0 Å². The Bertz CT molecular complexity index is 1110. The third kappa shape index (κ3) is 8.52. The van der Waals surface area contributed by atoms with Gasteiger partial charge in [0, 0.05) is 33.2 Å². The van der Waals surface area contributed by atoms with Crippen molar-refractivity contribution in [3.05, 3.63) is 46.8 Å². The number of aliphatic hydroxyl groups excluding tert-OH is 2. The number of carbonyl (C=O) groups excluding carboxylic acids is 3. The molecule has 9 nitrogen and oxygen atoms in total. The van der Waals surface area contributed by atoms with Crippen molar-refractivity contribution in [2.45, 2.75) is 52.9 Å². The van der Waals surface area contributed by atoms with E-state index in [1.54, 1.807) is 6.07 Å². The molecule has 0 fully saturated rings. The molecule has 0 radical (unpaired) electrons. The number of nitrogens with zero attached hydrogens (tertiary/aromatic N) is 1. The summed E-state index contributed by atoms with van der Waals surface area (Å²) in [5.74, 6) is -2.05. The number of pyridine rings is 1. The molecule has 0 spiro atoms. The van der Waals surface area contributed by atoms with E-state index in [4.69, 9.17) is 0 Å². The number of carbonyl (C=O) groups is 3. The zero-order valence-electron chi connectivity index (χ0n) is 23.0. The molecule has 0 saturated carbocycles. The van der Waals surface area contributed by atoms with Gasteiger partial charge in [-0.05, 0) is 101 Å². The van der Waals surface area contributed by atoms with Crippen LogP contribution < -0.4 is 5.32 Å². The van der Waals surface area contributed by atoms with Gasteiger partial charge < -0.3 is 26.1 Å². The van der Waals surface area contributed by atoms with Gasteiger partial charge in [0.15, 0.2) is 5.78 Å². The van der Waals surface area contributed by atoms with Gasteiger partial charge in [0.25, 0.3) is 0 Å². The van der Waals surface area contributed by atoms with E-state index >= 15 is 0 Å². The fourth-order valence-electron chi connectivity index (χ4n) is 5.28. The Hall–Kier alpha value is -2.98. The van der Waals surface area contributed by atoms with E-state index in [0.29, 0.717) is 24.8 Å². The standard InChI is InChI=1S/C27H33NO6.C2H7N.H2O.2H2/c1-15-8-20(9-16(2)28-15)21-4-5-24(32)27-22(21)12-18(13-26(27)34)11-19(6-7-29)23(14-30)25(33)10-17(3)31;1-3-2;;;/h4-5,8-9,18-19,23,29-30,32H,6-7,10-14H2,1-3H3;3H,1-2H3;1H2;2*1H. The number of ketones is 3. The maximum Gasteiger partial charge on any atom is 0.167 e. The molecule has 0 amide bonds. The third-order valence-corrected chi connectivity index (χ3v) is 6.67. The Labute approximate surface area is 227 Å². The predicted molar refractivity (Wildman–Crippen MR) is 150 cm³/mol. The topological polar surface area (TPSA) is 168 Å². The summed E-state index contributed by atoms with van der Waals surface area (Å²) in [4.78, 5) is 41.6. The van der Waals surface area contributed by atoms with E-state index in [1.807, 2.05) is 46.1 Å². The minimum absolute atomic E-state index is 0. The summed E-state index contributed by atoms with van der Waals surface area (Å²) in [6.45, 7) is 4.58. The van der Waals surface area contributed by atoms with E-state index in [9.17, 15) is 29.7 Å². The lowest BCUT2D eigenvalue weighted by molar-refractivity contribution is -0.131. The quantitative estimate of drug-likeness (QED) is 0.337. The van der Waals surface area contributed by atoms with Gasteiger partial charge in [0.05, 0.1) is 18.6 Å². The van der Waals surface area contributed by atoms with Crippen LogP contribution in [-0.4, -0.2) is 70.4 Å². The SMILES string of the molecule is CC(=O)CC(=O)C(CO)C(CCO)CC1CC(=O)c2c(O)ccc(-c3cc(C)nc(C)c3)c2C1.CNC.O.[HH].[HH]. The summed E-state index contributed by atoms with van der Waals surface area (Å²) in [7, 11) is 3.75. The van der Waals surface area contributed by atoms with E-state index in [2.05, 4.69) is 10.3 Å². The highest BCUT2D eigenvalue weighted by Crippen LogP contribution is 2.41. The highest BCUT2D eigenvalue weighted by molar-refractivity contribution is 6.03. The van der Waals surface area contributed by atoms with Crippen molar-refractivity contribution in [3.63, 3.8) is 0 Å². The Morgan fingerprint density at radius 2 is 1.74 bits per heavy atom. The Morgan fingerprint density at radius 3 is 2.26 bits per heavy atom. The molecule has 1 aliphatic rings. The van der Waals surface area contributed by atoms with E-state index in [1.165, 1.54) is 6.92 Å². The van der Waals surface area contributed by atoms with Crippen molar-refractivity contribution < 1.29 is 38.0 Å². The highest BCUT2D eigenvalue weighted by Gasteiger charge is 2.35. The number of aromatic nitrogens is 1. The van der Waals surface area contributed by atoms with Crippen LogP contribution in [0.15, 0.2) is 24.3 Å². The first-order valence-electron chi connectivity index (χ1n) is 12.7. The second-order valence-corrected chi connectivity index (χ2v) is 9.96. The molecule has 2 aromatic rings. The number of Topliss-reactive ketones (excluding diaryl/α,β-unsaturated/α-hetero) is 3. The Balaban J connectivity index is 0. The maximum atomic E-state index is 13.1. The lowest BCUT2D eigenvalue weighted by Crippen LogP contribution is -2.32.